The van der Waals surface area contributed by atoms with Gasteiger partial charge in [-0.05, 0) is 25.5 Å². The number of nitrogens with one attached hydrogen (secondary N) is 1. The Morgan fingerprint density at radius 3 is 2.88 bits per heavy atom. The van der Waals surface area contributed by atoms with Crippen molar-refractivity contribution < 1.29 is 9.13 Å². The Hall–Kier alpha value is -1.16. The highest BCUT2D eigenvalue weighted by Crippen LogP contribution is 2.17. The van der Waals surface area contributed by atoms with E-state index in [1.165, 1.54) is 0 Å². The second kappa shape index (κ2) is 8.01. The van der Waals surface area contributed by atoms with Gasteiger partial charge in [-0.3, -0.25) is 0 Å². The maximum atomic E-state index is 13.9. The summed E-state index contributed by atoms with van der Waals surface area (Å²) in [6.45, 7) is 6.07. The summed E-state index contributed by atoms with van der Waals surface area (Å²) in [5, 5.41) is 3.16. The molecular weight excluding hydrogens is 219 g/mol. The summed E-state index contributed by atoms with van der Waals surface area (Å²) in [7, 11) is 0. The molecule has 0 spiro atoms. The lowest BCUT2D eigenvalue weighted by Gasteiger charge is -2.09. The number of rotatable bonds is 8. The molecule has 1 rings (SSSR count). The third-order valence-electron chi connectivity index (χ3n) is 2.42. The Morgan fingerprint density at radius 1 is 1.35 bits per heavy atom. The zero-order chi connectivity index (χ0) is 12.5. The first-order valence-electron chi connectivity index (χ1n) is 6.26. The van der Waals surface area contributed by atoms with Gasteiger partial charge in [0.05, 0.1) is 6.61 Å². The second-order valence-electron chi connectivity index (χ2n) is 3.97. The highest BCUT2D eigenvalue weighted by Gasteiger charge is 2.09. The van der Waals surface area contributed by atoms with E-state index in [0.29, 0.717) is 18.7 Å². The van der Waals surface area contributed by atoms with Gasteiger partial charge in [0, 0.05) is 18.3 Å². The van der Waals surface area contributed by atoms with Gasteiger partial charge < -0.3 is 10.1 Å². The van der Waals surface area contributed by atoms with Gasteiger partial charge in [-0.25, -0.2) is 9.37 Å². The predicted molar refractivity (Wildman–Crippen MR) is 66.6 cm³/mol. The minimum absolute atomic E-state index is 0.120. The largest absolute Gasteiger partial charge is 0.476 e. The van der Waals surface area contributed by atoms with Crippen molar-refractivity contribution >= 4 is 0 Å². The topological polar surface area (TPSA) is 34.1 Å². The molecule has 3 nitrogen and oxygen atoms in total. The van der Waals surface area contributed by atoms with Gasteiger partial charge in [0.2, 0.25) is 0 Å². The number of hydrogen-bond acceptors (Lipinski definition) is 3. The molecule has 96 valence electrons. The summed E-state index contributed by atoms with van der Waals surface area (Å²) in [4.78, 5) is 3.91. The summed E-state index contributed by atoms with van der Waals surface area (Å²) in [5.41, 5.74) is 0.611. The second-order valence-corrected chi connectivity index (χ2v) is 3.97. The van der Waals surface area contributed by atoms with Crippen molar-refractivity contribution in [2.75, 3.05) is 13.2 Å². The van der Waals surface area contributed by atoms with Crippen LogP contribution in [0.5, 0.6) is 5.88 Å². The van der Waals surface area contributed by atoms with Crippen molar-refractivity contribution in [1.29, 1.82) is 0 Å². The van der Waals surface area contributed by atoms with Gasteiger partial charge in [0.25, 0.3) is 5.88 Å². The molecule has 4 heteroatoms. The lowest BCUT2D eigenvalue weighted by Crippen LogP contribution is -2.15. The van der Waals surface area contributed by atoms with Crippen molar-refractivity contribution in [2.24, 2.45) is 0 Å². The third kappa shape index (κ3) is 4.69. The van der Waals surface area contributed by atoms with Crippen molar-refractivity contribution in [3.8, 4) is 5.88 Å². The van der Waals surface area contributed by atoms with Gasteiger partial charge >= 0.3 is 0 Å². The zero-order valence-electron chi connectivity index (χ0n) is 10.6. The van der Waals surface area contributed by atoms with E-state index in [0.717, 1.165) is 25.8 Å². The summed E-state index contributed by atoms with van der Waals surface area (Å²) in [6, 6.07) is 1.69. The summed E-state index contributed by atoms with van der Waals surface area (Å²) in [6.07, 6.45) is 4.57. The quantitative estimate of drug-likeness (QED) is 0.709. The number of ether oxygens (including phenoxy) is 1. The smallest absolute Gasteiger partial charge is 0.250 e. The van der Waals surface area contributed by atoms with Gasteiger partial charge in [-0.15, -0.1) is 0 Å². The molecule has 1 heterocycles. The van der Waals surface area contributed by atoms with E-state index in [-0.39, 0.29) is 11.7 Å². The average molecular weight is 240 g/mol. The van der Waals surface area contributed by atoms with Crippen molar-refractivity contribution in [2.45, 2.75) is 39.7 Å². The number of nitrogens with zero attached hydrogens (tertiary/aromatic N) is 1. The van der Waals surface area contributed by atoms with Crippen LogP contribution in [0.2, 0.25) is 0 Å². The van der Waals surface area contributed by atoms with Crippen molar-refractivity contribution in [3.63, 3.8) is 0 Å². The van der Waals surface area contributed by atoms with E-state index in [9.17, 15) is 4.39 Å². The number of pyridine rings is 1. The lowest BCUT2D eigenvalue weighted by molar-refractivity contribution is 0.280. The fourth-order valence-corrected chi connectivity index (χ4v) is 1.41. The number of aromatic nitrogens is 1. The van der Waals surface area contributed by atoms with Crippen molar-refractivity contribution in [1.82, 2.24) is 10.3 Å². The molecule has 1 aromatic rings. The Balaban J connectivity index is 2.56. The molecule has 0 aliphatic rings. The molecule has 0 aliphatic heterocycles. The highest BCUT2D eigenvalue weighted by molar-refractivity contribution is 5.23. The fourth-order valence-electron chi connectivity index (χ4n) is 1.41. The fraction of sp³-hybridized carbons (Fsp3) is 0.615. The number of unbranched alkanes of at least 4 members (excludes halogenated alkanes) is 1. The molecular formula is C13H21FN2O. The van der Waals surface area contributed by atoms with Crippen LogP contribution < -0.4 is 10.1 Å². The summed E-state index contributed by atoms with van der Waals surface area (Å²) in [5.74, 6) is -0.221. The van der Waals surface area contributed by atoms with Crippen LogP contribution in [0, 0.1) is 5.82 Å². The molecule has 0 amide bonds. The number of hydrogen-bond donors (Lipinski definition) is 1. The molecule has 0 saturated heterocycles. The molecule has 17 heavy (non-hydrogen) atoms. The maximum absolute atomic E-state index is 13.9. The van der Waals surface area contributed by atoms with Gasteiger partial charge in [-0.2, -0.15) is 0 Å². The van der Waals surface area contributed by atoms with Gasteiger partial charge in [-0.1, -0.05) is 20.3 Å². The predicted octanol–water partition coefficient (Wildman–Crippen LogP) is 2.90. The Kier molecular flexibility index (Phi) is 6.55. The first kappa shape index (κ1) is 13.9. The third-order valence-corrected chi connectivity index (χ3v) is 2.42. The van der Waals surface area contributed by atoms with E-state index in [4.69, 9.17) is 4.74 Å². The molecule has 0 aromatic carbocycles. The van der Waals surface area contributed by atoms with Crippen LogP contribution in [0.25, 0.3) is 0 Å². The molecule has 0 aliphatic carbocycles. The Bertz CT molecular complexity index is 303. The highest BCUT2D eigenvalue weighted by atomic mass is 19.1. The molecule has 0 atom stereocenters. The van der Waals surface area contributed by atoms with Crippen molar-refractivity contribution in [3.05, 3.63) is 23.6 Å². The van der Waals surface area contributed by atoms with E-state index in [2.05, 4.69) is 24.1 Å². The van der Waals surface area contributed by atoms with Crippen LogP contribution >= 0.6 is 0 Å². The van der Waals surface area contributed by atoms with Crippen LogP contribution in [0.4, 0.5) is 4.39 Å². The Labute approximate surface area is 102 Å². The molecule has 1 aromatic heterocycles. The standard InChI is InChI=1S/C13H21FN2O/c1-3-5-9-17-13-12(14)11(6-8-16-13)10-15-7-4-2/h6,8,15H,3-5,7,9-10H2,1-2H3. The molecule has 0 bridgehead atoms. The molecule has 0 radical (unpaired) electrons. The molecule has 0 unspecified atom stereocenters. The van der Waals surface area contributed by atoms with Crippen LogP contribution in [-0.4, -0.2) is 18.1 Å². The minimum Gasteiger partial charge on any atom is -0.476 e. The van der Waals surface area contributed by atoms with Crippen LogP contribution in [0.15, 0.2) is 12.3 Å². The molecule has 1 N–H and O–H groups in total. The number of halogens is 1. The SMILES string of the molecule is CCCCOc1nccc(CNCCC)c1F. The van der Waals surface area contributed by atoms with E-state index in [1.807, 2.05) is 0 Å². The first-order chi connectivity index (χ1) is 8.29. The zero-order valence-corrected chi connectivity index (χ0v) is 10.6. The lowest BCUT2D eigenvalue weighted by atomic mass is 10.2. The first-order valence-corrected chi connectivity index (χ1v) is 6.26. The average Bonchev–Trinajstić information content (AvgIpc) is 2.34. The van der Waals surface area contributed by atoms with Crippen LogP contribution in [0.1, 0.15) is 38.7 Å². The minimum atomic E-state index is -0.341. The van der Waals surface area contributed by atoms with E-state index < -0.39 is 0 Å². The summed E-state index contributed by atoms with van der Waals surface area (Å²) >= 11 is 0. The van der Waals surface area contributed by atoms with Gasteiger partial charge in [0.15, 0.2) is 5.82 Å². The normalized spacial score (nSPS) is 10.5. The van der Waals surface area contributed by atoms with E-state index >= 15 is 0 Å². The molecule has 0 saturated carbocycles. The maximum Gasteiger partial charge on any atom is 0.250 e. The monoisotopic (exact) mass is 240 g/mol. The van der Waals surface area contributed by atoms with Crippen LogP contribution in [-0.2, 0) is 6.54 Å². The summed E-state index contributed by atoms with van der Waals surface area (Å²) < 4.78 is 19.2. The Morgan fingerprint density at radius 2 is 2.18 bits per heavy atom. The van der Waals surface area contributed by atoms with Crippen LogP contribution in [0.3, 0.4) is 0 Å². The van der Waals surface area contributed by atoms with Gasteiger partial charge in [0.1, 0.15) is 0 Å². The molecule has 0 fully saturated rings. The van der Waals surface area contributed by atoms with E-state index in [1.54, 1.807) is 12.3 Å².